The highest BCUT2D eigenvalue weighted by Gasteiger charge is 2.05. The molecule has 0 atom stereocenters. The van der Waals surface area contributed by atoms with Gasteiger partial charge in [0, 0.05) is 4.57 Å². The van der Waals surface area contributed by atoms with Gasteiger partial charge < -0.3 is 0 Å². The first-order valence-electron chi connectivity index (χ1n) is 3.93. The molecule has 0 aliphatic rings. The fourth-order valence-corrected chi connectivity index (χ4v) is 2.60. The lowest BCUT2D eigenvalue weighted by Gasteiger charge is -1.97. The maximum absolute atomic E-state index is 8.70. The molecule has 0 amide bonds. The van der Waals surface area contributed by atoms with Crippen LogP contribution in [0, 0.1) is 0 Å². The molecule has 0 aromatic rings. The highest BCUT2D eigenvalue weighted by Crippen LogP contribution is 2.01. The molecule has 0 aliphatic heterocycles. The van der Waals surface area contributed by atoms with E-state index in [1.165, 1.54) is 15.8 Å². The van der Waals surface area contributed by atoms with E-state index >= 15 is 0 Å². The van der Waals surface area contributed by atoms with E-state index in [0.717, 1.165) is 0 Å². The van der Waals surface area contributed by atoms with Crippen LogP contribution in [0.3, 0.4) is 0 Å². The Labute approximate surface area is 73.8 Å². The second-order valence-corrected chi connectivity index (χ2v) is 7.03. The van der Waals surface area contributed by atoms with Gasteiger partial charge >= 0.3 is 8.25 Å². The second-order valence-electron chi connectivity index (χ2n) is 2.34. The third-order valence-electron chi connectivity index (χ3n) is 1.73. The van der Waals surface area contributed by atoms with Gasteiger partial charge in [-0.1, -0.05) is 36.6 Å². The molecule has 0 saturated heterocycles. The smallest absolute Gasteiger partial charge is 0.134 e. The molecule has 0 aliphatic carbocycles. The zero-order valence-corrected chi connectivity index (χ0v) is 9.50. The molecule has 0 spiro atoms. The molecule has 0 radical (unpaired) electrons. The topological polar surface area (TPSA) is 57.5 Å². The lowest BCUT2D eigenvalue weighted by Crippen LogP contribution is -2.04. The van der Waals surface area contributed by atoms with Gasteiger partial charge in [-0.05, 0) is 0 Å². The number of rotatable bonds is 3. The molecule has 11 heavy (non-hydrogen) atoms. The van der Waals surface area contributed by atoms with Crippen LogP contribution >= 0.6 is 8.25 Å². The van der Waals surface area contributed by atoms with Crippen LogP contribution in [0.2, 0.25) is 15.8 Å². The average molecular weight is 195 g/mol. The van der Waals surface area contributed by atoms with Crippen LogP contribution in [0.4, 0.5) is 0 Å². The van der Waals surface area contributed by atoms with Crippen molar-refractivity contribution in [1.29, 1.82) is 0 Å². The summed E-state index contributed by atoms with van der Waals surface area (Å²) in [6, 6.07) is 0. The maximum atomic E-state index is 8.70. The van der Waals surface area contributed by atoms with Crippen molar-refractivity contribution in [3.05, 3.63) is 0 Å². The largest absolute Gasteiger partial charge is 0.692 e. The van der Waals surface area contributed by atoms with Crippen molar-refractivity contribution in [1.82, 2.24) is 0 Å². The lowest BCUT2D eigenvalue weighted by atomic mass is 10.9. The Hall–Kier alpha value is 0.552. The van der Waals surface area contributed by atoms with Gasteiger partial charge in [0.25, 0.3) is 14.1 Å². The fraction of sp³-hybridized carbons (Fsp3) is 1.00. The Morgan fingerprint density at radius 1 is 1.09 bits per heavy atom. The lowest BCUT2D eigenvalue weighted by molar-refractivity contribution is 0.405. The molecule has 3 nitrogen and oxygen atoms in total. The molecular weight excluding hydrogens is 178 g/mol. The minimum Gasteiger partial charge on any atom is -0.134 e. The van der Waals surface area contributed by atoms with Gasteiger partial charge in [-0.25, -0.2) is 0 Å². The number of hydrogen-bond donors (Lipinski definition) is 2. The van der Waals surface area contributed by atoms with Crippen LogP contribution in [0.25, 0.3) is 0 Å². The average Bonchev–Trinajstić information content (AvgIpc) is 1.90. The minimum absolute atomic E-state index is 0.171. The SMILES string of the molecule is C[CH2][Al]([CH2]C)[CH2]C.O=[P+](O)O. The monoisotopic (exact) mass is 195 g/mol. The molecule has 0 saturated carbocycles. The molecule has 0 aromatic carbocycles. The second kappa shape index (κ2) is 10.6. The van der Waals surface area contributed by atoms with E-state index in [1.807, 2.05) is 0 Å². The molecule has 66 valence electrons. The molecule has 0 bridgehead atoms. The zero-order valence-electron chi connectivity index (χ0n) is 7.45. The summed E-state index contributed by atoms with van der Waals surface area (Å²) in [6.07, 6.45) is 0. The normalized spacial score (nSPS) is 8.09. The van der Waals surface area contributed by atoms with Gasteiger partial charge in [0.1, 0.15) is 0 Å². The summed E-state index contributed by atoms with van der Waals surface area (Å²) < 4.78 is 8.70. The first-order valence-corrected chi connectivity index (χ1v) is 7.54. The highest BCUT2D eigenvalue weighted by molar-refractivity contribution is 7.30. The van der Waals surface area contributed by atoms with Crippen molar-refractivity contribution in [2.45, 2.75) is 36.6 Å². The third-order valence-corrected chi connectivity index (χ3v) is 5.20. The van der Waals surface area contributed by atoms with Crippen molar-refractivity contribution < 1.29 is 14.4 Å². The summed E-state index contributed by atoms with van der Waals surface area (Å²) in [5, 5.41) is 4.48. The summed E-state index contributed by atoms with van der Waals surface area (Å²) >= 11 is -0.171. The van der Waals surface area contributed by atoms with Gasteiger partial charge in [-0.3, -0.25) is 0 Å². The zero-order chi connectivity index (χ0) is 9.28. The molecule has 0 heterocycles. The van der Waals surface area contributed by atoms with E-state index in [-0.39, 0.29) is 14.1 Å². The minimum atomic E-state index is -2.87. The first kappa shape index (κ1) is 14.1. The standard InChI is InChI=1S/3C2H5.Al.HO3P/c3*1-2;;1-4(2)3/h3*1H2,2H3;;(H-,1,2,3)/p+1. The fourth-order valence-electron chi connectivity index (χ4n) is 0.866. The van der Waals surface area contributed by atoms with Crippen LogP contribution in [-0.2, 0) is 4.57 Å². The molecule has 0 rings (SSSR count). The molecule has 5 heteroatoms. The summed E-state index contributed by atoms with van der Waals surface area (Å²) in [5.74, 6) is 0. The van der Waals surface area contributed by atoms with Gasteiger partial charge in [0.15, 0.2) is 0 Å². The van der Waals surface area contributed by atoms with Crippen molar-refractivity contribution in [2.24, 2.45) is 0 Å². The van der Waals surface area contributed by atoms with E-state index in [9.17, 15) is 0 Å². The van der Waals surface area contributed by atoms with Crippen molar-refractivity contribution in [3.8, 4) is 0 Å². The van der Waals surface area contributed by atoms with Crippen molar-refractivity contribution in [3.63, 3.8) is 0 Å². The van der Waals surface area contributed by atoms with Crippen LogP contribution in [-0.4, -0.2) is 23.9 Å². The Morgan fingerprint density at radius 2 is 1.27 bits per heavy atom. The van der Waals surface area contributed by atoms with Crippen LogP contribution in [0.5, 0.6) is 0 Å². The Bertz CT molecular complexity index is 86.3. The molecule has 0 aromatic heterocycles. The van der Waals surface area contributed by atoms with E-state index < -0.39 is 8.25 Å². The summed E-state index contributed by atoms with van der Waals surface area (Å²) in [5.41, 5.74) is 0. The summed E-state index contributed by atoms with van der Waals surface area (Å²) in [6.45, 7) is 6.97. The van der Waals surface area contributed by atoms with E-state index in [2.05, 4.69) is 20.8 Å². The van der Waals surface area contributed by atoms with Crippen molar-refractivity contribution >= 4 is 22.4 Å². The van der Waals surface area contributed by atoms with E-state index in [4.69, 9.17) is 14.4 Å². The third kappa shape index (κ3) is 18.0. The van der Waals surface area contributed by atoms with Crippen LogP contribution in [0.15, 0.2) is 0 Å². The van der Waals surface area contributed by atoms with E-state index in [0.29, 0.717) is 0 Å². The molecular formula is C6H17AlO3P+. The predicted octanol–water partition coefficient (Wildman–Crippen LogP) is 2.17. The van der Waals surface area contributed by atoms with E-state index in [1.54, 1.807) is 0 Å². The Kier molecular flexibility index (Phi) is 13.5. The van der Waals surface area contributed by atoms with Gasteiger partial charge in [-0.15, -0.1) is 9.79 Å². The quantitative estimate of drug-likeness (QED) is 0.536. The molecule has 0 unspecified atom stereocenters. The highest BCUT2D eigenvalue weighted by atomic mass is 31.1. The van der Waals surface area contributed by atoms with Gasteiger partial charge in [0.05, 0.1) is 0 Å². The molecule has 0 fully saturated rings. The summed E-state index contributed by atoms with van der Waals surface area (Å²) in [7, 11) is -2.87. The van der Waals surface area contributed by atoms with Crippen LogP contribution < -0.4 is 0 Å². The Balaban J connectivity index is 0. The van der Waals surface area contributed by atoms with Crippen molar-refractivity contribution in [2.75, 3.05) is 0 Å². The van der Waals surface area contributed by atoms with Gasteiger partial charge in [0.2, 0.25) is 0 Å². The number of hydrogen-bond acceptors (Lipinski definition) is 1. The van der Waals surface area contributed by atoms with Gasteiger partial charge in [-0.2, -0.15) is 0 Å². The van der Waals surface area contributed by atoms with Crippen LogP contribution in [0.1, 0.15) is 20.8 Å². The predicted molar refractivity (Wildman–Crippen MR) is 49.2 cm³/mol. The maximum Gasteiger partial charge on any atom is 0.692 e. The molecule has 2 N–H and O–H groups in total. The Morgan fingerprint density at radius 3 is 1.27 bits per heavy atom. The first-order chi connectivity index (χ1) is 5.08. The summed E-state index contributed by atoms with van der Waals surface area (Å²) in [4.78, 5) is 14.2.